The molecule has 1 saturated heterocycles. The Bertz CT molecular complexity index is 822. The molecule has 1 heterocycles. The summed E-state index contributed by atoms with van der Waals surface area (Å²) in [4.78, 5) is 9.42. The minimum atomic E-state index is 0. The van der Waals surface area contributed by atoms with Gasteiger partial charge in [0.25, 0.3) is 0 Å². The highest BCUT2D eigenvalue weighted by Crippen LogP contribution is 2.19. The number of rotatable bonds is 10. The van der Waals surface area contributed by atoms with Crippen LogP contribution in [0.5, 0.6) is 0 Å². The Morgan fingerprint density at radius 3 is 2.24 bits per heavy atom. The maximum absolute atomic E-state index is 5.49. The van der Waals surface area contributed by atoms with E-state index in [1.54, 1.807) is 0 Å². The number of benzene rings is 2. The fourth-order valence-electron chi connectivity index (χ4n) is 4.27. The molecule has 1 atom stereocenters. The average molecular weight is 566 g/mol. The zero-order valence-corrected chi connectivity index (χ0v) is 22.6. The zero-order valence-electron chi connectivity index (χ0n) is 20.3. The second kappa shape index (κ2) is 15.3. The number of nitrogens with zero attached hydrogens (tertiary/aromatic N) is 3. The highest BCUT2D eigenvalue weighted by atomic mass is 127. The van der Waals surface area contributed by atoms with Crippen LogP contribution < -0.4 is 10.6 Å². The topological polar surface area (TPSA) is 52.1 Å². The maximum atomic E-state index is 5.49. The van der Waals surface area contributed by atoms with Crippen LogP contribution in [0, 0.1) is 0 Å². The second-order valence-corrected chi connectivity index (χ2v) is 8.11. The molecule has 7 heteroatoms. The van der Waals surface area contributed by atoms with Crippen molar-refractivity contribution >= 4 is 29.9 Å². The van der Waals surface area contributed by atoms with Gasteiger partial charge in [-0.25, -0.2) is 0 Å². The monoisotopic (exact) mass is 565 g/mol. The molecule has 0 radical (unpaired) electrons. The fraction of sp³-hybridized carbons (Fsp3) is 0.500. The lowest BCUT2D eigenvalue weighted by Crippen LogP contribution is -2.43. The predicted molar refractivity (Wildman–Crippen MR) is 148 cm³/mol. The summed E-state index contributed by atoms with van der Waals surface area (Å²) in [6.45, 7) is 12.6. The van der Waals surface area contributed by atoms with E-state index in [0.29, 0.717) is 6.04 Å². The van der Waals surface area contributed by atoms with Gasteiger partial charge in [-0.05, 0) is 29.8 Å². The van der Waals surface area contributed by atoms with E-state index in [-0.39, 0.29) is 24.0 Å². The SMILES string of the molecule is CCN(CC)C(CNC(=NC)NCc1ccccc1CN1CCOCC1)c1ccccc1.I. The summed E-state index contributed by atoms with van der Waals surface area (Å²) in [5.74, 6) is 0.833. The van der Waals surface area contributed by atoms with Crippen LogP contribution in [0.3, 0.4) is 0 Å². The zero-order chi connectivity index (χ0) is 22.6. The molecule has 33 heavy (non-hydrogen) atoms. The number of halogens is 1. The third-order valence-electron chi connectivity index (χ3n) is 6.19. The maximum Gasteiger partial charge on any atom is 0.191 e. The van der Waals surface area contributed by atoms with E-state index in [4.69, 9.17) is 4.74 Å². The number of likely N-dealkylation sites (N-methyl/N-ethyl adjacent to an activating group) is 1. The van der Waals surface area contributed by atoms with Crippen molar-refractivity contribution in [2.45, 2.75) is 33.0 Å². The van der Waals surface area contributed by atoms with Crippen LogP contribution in [0.4, 0.5) is 0 Å². The second-order valence-electron chi connectivity index (χ2n) is 8.11. The lowest BCUT2D eigenvalue weighted by Gasteiger charge is -2.31. The molecule has 6 nitrogen and oxygen atoms in total. The lowest BCUT2D eigenvalue weighted by molar-refractivity contribution is 0.0341. The molecule has 0 saturated carbocycles. The molecule has 3 rings (SSSR count). The smallest absolute Gasteiger partial charge is 0.191 e. The van der Waals surface area contributed by atoms with E-state index in [1.165, 1.54) is 16.7 Å². The first-order valence-electron chi connectivity index (χ1n) is 11.9. The van der Waals surface area contributed by atoms with Crippen LogP contribution in [0.2, 0.25) is 0 Å². The van der Waals surface area contributed by atoms with Gasteiger partial charge >= 0.3 is 0 Å². The van der Waals surface area contributed by atoms with Crippen molar-refractivity contribution < 1.29 is 4.74 Å². The Balaban J connectivity index is 0.00000385. The van der Waals surface area contributed by atoms with Crippen molar-refractivity contribution in [3.63, 3.8) is 0 Å². The van der Waals surface area contributed by atoms with E-state index in [9.17, 15) is 0 Å². The lowest BCUT2D eigenvalue weighted by atomic mass is 10.1. The van der Waals surface area contributed by atoms with Crippen LogP contribution in [0.15, 0.2) is 59.6 Å². The van der Waals surface area contributed by atoms with Crippen molar-refractivity contribution in [2.75, 3.05) is 53.0 Å². The first-order valence-corrected chi connectivity index (χ1v) is 11.9. The number of nitrogens with one attached hydrogen (secondary N) is 2. The Morgan fingerprint density at radius 2 is 1.61 bits per heavy atom. The standard InChI is InChI=1S/C26H39N5O.HI/c1-4-31(5-2)25(22-11-7-6-8-12-22)20-29-26(27-3)28-19-23-13-9-10-14-24(23)21-30-15-17-32-18-16-30;/h6-14,25H,4-5,15-21H2,1-3H3,(H2,27,28,29);1H. The fourth-order valence-corrected chi connectivity index (χ4v) is 4.27. The molecule has 1 unspecified atom stereocenters. The Labute approximate surface area is 216 Å². The molecular formula is C26H40IN5O. The van der Waals surface area contributed by atoms with E-state index in [2.05, 4.69) is 93.9 Å². The minimum absolute atomic E-state index is 0. The van der Waals surface area contributed by atoms with E-state index in [0.717, 1.165) is 65.0 Å². The number of aliphatic imine (C=N–C) groups is 1. The normalized spacial score (nSPS) is 15.7. The predicted octanol–water partition coefficient (Wildman–Crippen LogP) is 3.88. The van der Waals surface area contributed by atoms with Crippen LogP contribution in [-0.4, -0.2) is 68.7 Å². The molecule has 2 aromatic carbocycles. The third-order valence-corrected chi connectivity index (χ3v) is 6.19. The molecule has 0 aromatic heterocycles. The van der Waals surface area contributed by atoms with Crippen LogP contribution >= 0.6 is 24.0 Å². The quantitative estimate of drug-likeness (QED) is 0.260. The molecule has 2 aromatic rings. The largest absolute Gasteiger partial charge is 0.379 e. The van der Waals surface area contributed by atoms with Crippen LogP contribution in [0.25, 0.3) is 0 Å². The van der Waals surface area contributed by atoms with Gasteiger partial charge in [0.15, 0.2) is 5.96 Å². The van der Waals surface area contributed by atoms with Gasteiger partial charge in [-0.2, -0.15) is 0 Å². The summed E-state index contributed by atoms with van der Waals surface area (Å²) < 4.78 is 5.49. The summed E-state index contributed by atoms with van der Waals surface area (Å²) in [5.41, 5.74) is 4.00. The van der Waals surface area contributed by atoms with Gasteiger partial charge < -0.3 is 15.4 Å². The highest BCUT2D eigenvalue weighted by Gasteiger charge is 2.18. The highest BCUT2D eigenvalue weighted by molar-refractivity contribution is 14.0. The first-order chi connectivity index (χ1) is 15.7. The Kier molecular flexibility index (Phi) is 12.8. The number of morpholine rings is 1. The molecule has 0 amide bonds. The van der Waals surface area contributed by atoms with Crippen molar-refractivity contribution in [1.29, 1.82) is 0 Å². The minimum Gasteiger partial charge on any atom is -0.379 e. The molecule has 0 spiro atoms. The molecule has 0 bridgehead atoms. The summed E-state index contributed by atoms with van der Waals surface area (Å²) in [6, 6.07) is 19.7. The van der Waals surface area contributed by atoms with Crippen molar-refractivity contribution in [1.82, 2.24) is 20.4 Å². The number of ether oxygens (including phenoxy) is 1. The third kappa shape index (κ3) is 8.55. The van der Waals surface area contributed by atoms with Gasteiger partial charge in [0, 0.05) is 39.8 Å². The van der Waals surface area contributed by atoms with Crippen molar-refractivity contribution in [2.24, 2.45) is 4.99 Å². The molecule has 1 aliphatic heterocycles. The van der Waals surface area contributed by atoms with Crippen LogP contribution in [-0.2, 0) is 17.8 Å². The molecule has 182 valence electrons. The van der Waals surface area contributed by atoms with Gasteiger partial charge in [-0.15, -0.1) is 24.0 Å². The summed E-state index contributed by atoms with van der Waals surface area (Å²) in [6.07, 6.45) is 0. The molecule has 1 aliphatic rings. The molecular weight excluding hydrogens is 525 g/mol. The van der Waals surface area contributed by atoms with Crippen molar-refractivity contribution in [3.05, 3.63) is 71.3 Å². The van der Waals surface area contributed by atoms with E-state index in [1.807, 2.05) is 7.05 Å². The number of hydrogen-bond acceptors (Lipinski definition) is 4. The Hall–Kier alpha value is -1.68. The summed E-state index contributed by atoms with van der Waals surface area (Å²) in [5, 5.41) is 7.08. The number of hydrogen-bond donors (Lipinski definition) is 2. The van der Waals surface area contributed by atoms with Crippen molar-refractivity contribution in [3.8, 4) is 0 Å². The van der Waals surface area contributed by atoms with E-state index < -0.39 is 0 Å². The molecule has 0 aliphatic carbocycles. The van der Waals surface area contributed by atoms with Crippen LogP contribution in [0.1, 0.15) is 36.6 Å². The molecule has 2 N–H and O–H groups in total. The van der Waals surface area contributed by atoms with E-state index >= 15 is 0 Å². The van der Waals surface area contributed by atoms with Gasteiger partial charge in [-0.1, -0.05) is 68.4 Å². The van der Waals surface area contributed by atoms with Gasteiger partial charge in [0.2, 0.25) is 0 Å². The van der Waals surface area contributed by atoms with Gasteiger partial charge in [-0.3, -0.25) is 14.8 Å². The summed E-state index contributed by atoms with van der Waals surface area (Å²) in [7, 11) is 1.84. The van der Waals surface area contributed by atoms with Gasteiger partial charge in [0.1, 0.15) is 0 Å². The van der Waals surface area contributed by atoms with Gasteiger partial charge in [0.05, 0.1) is 19.3 Å². The summed E-state index contributed by atoms with van der Waals surface area (Å²) >= 11 is 0. The first kappa shape index (κ1) is 27.6. The molecule has 1 fully saturated rings. The average Bonchev–Trinajstić information content (AvgIpc) is 2.85. The number of guanidine groups is 1. The Morgan fingerprint density at radius 1 is 0.970 bits per heavy atom.